The number of aromatic nitrogens is 2. The monoisotopic (exact) mass is 310 g/mol. The van der Waals surface area contributed by atoms with Crippen molar-refractivity contribution in [2.75, 3.05) is 6.54 Å². The number of rotatable bonds is 3. The van der Waals surface area contributed by atoms with E-state index in [0.29, 0.717) is 6.54 Å². The van der Waals surface area contributed by atoms with Crippen LogP contribution in [0.25, 0.3) is 11.3 Å². The zero-order valence-electron chi connectivity index (χ0n) is 13.9. The smallest absolute Gasteiger partial charge is 0.128 e. The van der Waals surface area contributed by atoms with Gasteiger partial charge >= 0.3 is 0 Å². The van der Waals surface area contributed by atoms with E-state index in [1.807, 2.05) is 49.7 Å². The van der Waals surface area contributed by atoms with Gasteiger partial charge in [-0.2, -0.15) is 10.4 Å². The van der Waals surface area contributed by atoms with E-state index in [1.165, 1.54) is 11.3 Å². The summed E-state index contributed by atoms with van der Waals surface area (Å²) in [5, 5.41) is 17.1. The van der Waals surface area contributed by atoms with Crippen LogP contribution in [-0.2, 0) is 19.5 Å². The number of ether oxygens (including phenoxy) is 1. The largest absolute Gasteiger partial charge is 0.488 e. The summed E-state index contributed by atoms with van der Waals surface area (Å²) in [6.07, 6.45) is 0.912. The molecular formula is C18H22N4O. The Kier molecular flexibility index (Phi) is 4.10. The molecule has 2 aromatic rings. The first kappa shape index (κ1) is 15.6. The fourth-order valence-electron chi connectivity index (χ4n) is 2.88. The molecule has 23 heavy (non-hydrogen) atoms. The third-order valence-corrected chi connectivity index (χ3v) is 3.78. The zero-order chi connectivity index (χ0) is 16.4. The Morgan fingerprint density at radius 3 is 2.70 bits per heavy atom. The minimum atomic E-state index is -0.209. The fraction of sp³-hybridized carbons (Fsp3) is 0.444. The summed E-state index contributed by atoms with van der Waals surface area (Å²) in [6.45, 7) is 8.14. The van der Waals surface area contributed by atoms with E-state index in [-0.39, 0.29) is 5.60 Å². The van der Waals surface area contributed by atoms with Crippen LogP contribution in [0.4, 0.5) is 0 Å². The Morgan fingerprint density at radius 2 is 2.04 bits per heavy atom. The minimum Gasteiger partial charge on any atom is -0.488 e. The molecule has 0 fully saturated rings. The predicted molar refractivity (Wildman–Crippen MR) is 89.1 cm³/mol. The molecule has 5 heteroatoms. The Hall–Kier alpha value is -2.32. The van der Waals surface area contributed by atoms with E-state index < -0.39 is 0 Å². The molecule has 2 heterocycles. The van der Waals surface area contributed by atoms with Crippen LogP contribution in [0.1, 0.15) is 32.0 Å². The summed E-state index contributed by atoms with van der Waals surface area (Å²) >= 11 is 0. The molecule has 1 aromatic heterocycles. The third kappa shape index (κ3) is 3.38. The molecule has 0 saturated heterocycles. The molecule has 1 aliphatic heterocycles. The highest BCUT2D eigenvalue weighted by Gasteiger charge is 2.21. The topological polar surface area (TPSA) is 62.9 Å². The van der Waals surface area contributed by atoms with Crippen LogP contribution in [0, 0.1) is 11.3 Å². The van der Waals surface area contributed by atoms with Crippen molar-refractivity contribution in [3.05, 3.63) is 35.5 Å². The summed E-state index contributed by atoms with van der Waals surface area (Å²) in [5.41, 5.74) is 4.19. The Morgan fingerprint density at radius 1 is 1.30 bits per heavy atom. The Balaban J connectivity index is 1.94. The van der Waals surface area contributed by atoms with Gasteiger partial charge in [0.1, 0.15) is 17.9 Å². The second-order valence-electron chi connectivity index (χ2n) is 6.76. The fourth-order valence-corrected chi connectivity index (χ4v) is 2.88. The molecule has 0 radical (unpaired) electrons. The molecule has 0 saturated carbocycles. The lowest BCUT2D eigenvalue weighted by Gasteiger charge is -2.21. The number of nitrogens with one attached hydrogen (secondary N) is 1. The van der Waals surface area contributed by atoms with Gasteiger partial charge < -0.3 is 10.1 Å². The van der Waals surface area contributed by atoms with Gasteiger partial charge in [0, 0.05) is 36.3 Å². The van der Waals surface area contributed by atoms with Gasteiger partial charge in [0.25, 0.3) is 0 Å². The van der Waals surface area contributed by atoms with Crippen LogP contribution < -0.4 is 10.1 Å². The van der Waals surface area contributed by atoms with Crippen LogP contribution in [0.5, 0.6) is 5.75 Å². The first-order chi connectivity index (χ1) is 11.0. The zero-order valence-corrected chi connectivity index (χ0v) is 13.9. The van der Waals surface area contributed by atoms with Crippen molar-refractivity contribution in [1.29, 1.82) is 5.26 Å². The first-order valence-corrected chi connectivity index (χ1v) is 7.93. The first-order valence-electron chi connectivity index (χ1n) is 7.93. The van der Waals surface area contributed by atoms with E-state index in [4.69, 9.17) is 10.00 Å². The van der Waals surface area contributed by atoms with Crippen molar-refractivity contribution < 1.29 is 4.74 Å². The van der Waals surface area contributed by atoms with Crippen molar-refractivity contribution in [2.24, 2.45) is 0 Å². The number of benzene rings is 1. The number of fused-ring (bicyclic) bond motifs is 1. The molecule has 0 atom stereocenters. The van der Waals surface area contributed by atoms with Gasteiger partial charge in [-0.15, -0.1) is 0 Å². The second kappa shape index (κ2) is 6.05. The maximum absolute atomic E-state index is 9.00. The van der Waals surface area contributed by atoms with Crippen molar-refractivity contribution in [3.8, 4) is 23.1 Å². The normalized spacial score (nSPS) is 14.2. The average molecular weight is 310 g/mol. The molecule has 1 aliphatic rings. The molecule has 0 bridgehead atoms. The molecule has 1 aromatic carbocycles. The van der Waals surface area contributed by atoms with E-state index in [9.17, 15) is 0 Å². The molecule has 3 rings (SSSR count). The van der Waals surface area contributed by atoms with Crippen LogP contribution >= 0.6 is 0 Å². The number of nitrogens with zero attached hydrogens (tertiary/aromatic N) is 3. The highest BCUT2D eigenvalue weighted by Crippen LogP contribution is 2.29. The maximum atomic E-state index is 9.00. The second-order valence-corrected chi connectivity index (χ2v) is 6.76. The Bertz CT molecular complexity index is 732. The van der Waals surface area contributed by atoms with Crippen LogP contribution in [0.15, 0.2) is 24.3 Å². The summed E-state index contributed by atoms with van der Waals surface area (Å²) < 4.78 is 7.71. The molecule has 0 spiro atoms. The van der Waals surface area contributed by atoms with Crippen molar-refractivity contribution in [2.45, 2.75) is 45.9 Å². The third-order valence-electron chi connectivity index (χ3n) is 3.78. The Labute approximate surface area is 136 Å². The van der Waals surface area contributed by atoms with Crippen LogP contribution in [0.3, 0.4) is 0 Å². The summed E-state index contributed by atoms with van der Waals surface area (Å²) in [7, 11) is 0. The van der Waals surface area contributed by atoms with E-state index >= 15 is 0 Å². The average Bonchev–Trinajstić information content (AvgIpc) is 2.86. The maximum Gasteiger partial charge on any atom is 0.128 e. The predicted octanol–water partition coefficient (Wildman–Crippen LogP) is 2.90. The van der Waals surface area contributed by atoms with Crippen LogP contribution in [0.2, 0.25) is 0 Å². The lowest BCUT2D eigenvalue weighted by atomic mass is 10.0. The lowest BCUT2D eigenvalue weighted by Crippen LogP contribution is -2.25. The number of hydrogen-bond acceptors (Lipinski definition) is 4. The SMILES string of the molecule is CC(C)(C)Oc1ccc(-c2nn(CC#N)c3c2CNCC3)cc1. The summed E-state index contributed by atoms with van der Waals surface area (Å²) in [4.78, 5) is 0. The number of hydrogen-bond donors (Lipinski definition) is 1. The van der Waals surface area contributed by atoms with Gasteiger partial charge in [-0.1, -0.05) is 0 Å². The quantitative estimate of drug-likeness (QED) is 0.947. The molecule has 1 N–H and O–H groups in total. The summed E-state index contributed by atoms with van der Waals surface area (Å²) in [6, 6.07) is 10.2. The van der Waals surface area contributed by atoms with Crippen molar-refractivity contribution >= 4 is 0 Å². The van der Waals surface area contributed by atoms with E-state index in [1.54, 1.807) is 0 Å². The molecule has 120 valence electrons. The van der Waals surface area contributed by atoms with Gasteiger partial charge in [0.2, 0.25) is 0 Å². The minimum absolute atomic E-state index is 0.209. The van der Waals surface area contributed by atoms with Crippen molar-refractivity contribution in [1.82, 2.24) is 15.1 Å². The van der Waals surface area contributed by atoms with Crippen molar-refractivity contribution in [3.63, 3.8) is 0 Å². The standard InChI is InChI=1S/C18H22N4O/c1-18(2,3)23-14-6-4-13(5-7-14)17-15-12-20-10-8-16(15)22(21-17)11-9-19/h4-7,20H,8,10-12H2,1-3H3. The van der Waals surface area contributed by atoms with Gasteiger partial charge in [-0.05, 0) is 45.0 Å². The van der Waals surface area contributed by atoms with Gasteiger partial charge in [0.15, 0.2) is 0 Å². The number of nitriles is 1. The van der Waals surface area contributed by atoms with E-state index in [2.05, 4.69) is 16.5 Å². The molecule has 0 unspecified atom stereocenters. The van der Waals surface area contributed by atoms with Gasteiger partial charge in [-0.25, -0.2) is 0 Å². The molecule has 0 amide bonds. The van der Waals surface area contributed by atoms with E-state index in [0.717, 1.165) is 36.5 Å². The highest BCUT2D eigenvalue weighted by atomic mass is 16.5. The van der Waals surface area contributed by atoms with Crippen LogP contribution in [-0.4, -0.2) is 21.9 Å². The summed E-state index contributed by atoms with van der Waals surface area (Å²) in [5.74, 6) is 0.852. The van der Waals surface area contributed by atoms with Gasteiger partial charge in [0.05, 0.1) is 11.8 Å². The lowest BCUT2D eigenvalue weighted by molar-refractivity contribution is 0.131. The van der Waals surface area contributed by atoms with Gasteiger partial charge in [-0.3, -0.25) is 4.68 Å². The molecule has 0 aliphatic carbocycles. The highest BCUT2D eigenvalue weighted by molar-refractivity contribution is 5.65. The molecular weight excluding hydrogens is 288 g/mol. The molecule has 5 nitrogen and oxygen atoms in total.